The number of carbonyl (C=O) groups is 1. The zero-order valence-electron chi connectivity index (χ0n) is 7.77. The fourth-order valence-corrected chi connectivity index (χ4v) is 2.00. The maximum Gasteiger partial charge on any atom is 0.316 e. The summed E-state index contributed by atoms with van der Waals surface area (Å²) >= 11 is 0. The number of carboxylic acids is 1. The largest absolute Gasteiger partial charge is 0.481 e. The van der Waals surface area contributed by atoms with E-state index in [2.05, 4.69) is 4.98 Å². The molecule has 0 saturated carbocycles. The molecular weight excluding hydrogens is 202 g/mol. The molecule has 0 radical (unpaired) electrons. The van der Waals surface area contributed by atoms with Crippen molar-refractivity contribution in [2.24, 2.45) is 0 Å². The van der Waals surface area contributed by atoms with Gasteiger partial charge in [-0.25, -0.2) is 0 Å². The number of hydrogen-bond acceptors (Lipinski definition) is 3. The lowest BCUT2D eigenvalue weighted by atomic mass is 10.2. The molecule has 0 spiro atoms. The number of carboxylic acid groups (broad SMARTS) is 1. The van der Waals surface area contributed by atoms with Gasteiger partial charge in [0.05, 0.1) is 11.4 Å². The van der Waals surface area contributed by atoms with Gasteiger partial charge in [0.2, 0.25) is 0 Å². The minimum absolute atomic E-state index is 0.207. The summed E-state index contributed by atoms with van der Waals surface area (Å²) in [5, 5.41) is 8.42. The lowest BCUT2D eigenvalue weighted by molar-refractivity contribution is -0.133. The van der Waals surface area contributed by atoms with E-state index in [1.54, 1.807) is 12.3 Å². The molecule has 0 aliphatic rings. The van der Waals surface area contributed by atoms with Crippen molar-refractivity contribution in [3.05, 3.63) is 29.6 Å². The van der Waals surface area contributed by atoms with Gasteiger partial charge in [-0.15, -0.1) is 0 Å². The van der Waals surface area contributed by atoms with Crippen molar-refractivity contribution in [2.45, 2.75) is 12.7 Å². The normalized spacial score (nSPS) is 12.4. The molecule has 0 amide bonds. The van der Waals surface area contributed by atoms with Crippen molar-refractivity contribution in [1.29, 1.82) is 0 Å². The van der Waals surface area contributed by atoms with Crippen LogP contribution < -0.4 is 0 Å². The van der Waals surface area contributed by atoms with E-state index in [-0.39, 0.29) is 11.5 Å². The maximum atomic E-state index is 11.3. The fourth-order valence-electron chi connectivity index (χ4n) is 1.01. The Hall–Kier alpha value is -1.23. The van der Waals surface area contributed by atoms with Crippen LogP contribution in [0.15, 0.2) is 18.3 Å². The van der Waals surface area contributed by atoms with Gasteiger partial charge in [-0.1, -0.05) is 6.07 Å². The SMILES string of the molecule is Cc1cccnc1CS(=O)CC(=O)O. The molecule has 76 valence electrons. The molecule has 0 aliphatic carbocycles. The van der Waals surface area contributed by atoms with Crippen LogP contribution in [0.25, 0.3) is 0 Å². The van der Waals surface area contributed by atoms with Crippen molar-refractivity contribution in [2.75, 3.05) is 5.75 Å². The molecule has 1 unspecified atom stereocenters. The third-order valence-corrected chi connectivity index (χ3v) is 2.86. The Morgan fingerprint density at radius 3 is 2.93 bits per heavy atom. The van der Waals surface area contributed by atoms with Gasteiger partial charge in [0.1, 0.15) is 5.75 Å². The van der Waals surface area contributed by atoms with Crippen molar-refractivity contribution in [3.8, 4) is 0 Å². The zero-order valence-corrected chi connectivity index (χ0v) is 8.58. The Balaban J connectivity index is 2.65. The van der Waals surface area contributed by atoms with Crippen molar-refractivity contribution in [1.82, 2.24) is 4.98 Å². The van der Waals surface area contributed by atoms with Crippen LogP contribution in [0.3, 0.4) is 0 Å². The quantitative estimate of drug-likeness (QED) is 0.800. The van der Waals surface area contributed by atoms with E-state index in [4.69, 9.17) is 5.11 Å². The molecule has 1 aromatic rings. The second-order valence-corrected chi connectivity index (χ2v) is 4.35. The number of nitrogens with zero attached hydrogens (tertiary/aromatic N) is 1. The highest BCUT2D eigenvalue weighted by Crippen LogP contribution is 2.06. The highest BCUT2D eigenvalue weighted by Gasteiger charge is 2.08. The number of rotatable bonds is 4. The molecule has 14 heavy (non-hydrogen) atoms. The highest BCUT2D eigenvalue weighted by atomic mass is 32.2. The van der Waals surface area contributed by atoms with Gasteiger partial charge < -0.3 is 5.11 Å². The first-order valence-electron chi connectivity index (χ1n) is 4.07. The number of aliphatic carboxylic acids is 1. The number of aromatic nitrogens is 1. The first-order chi connectivity index (χ1) is 6.59. The minimum Gasteiger partial charge on any atom is -0.481 e. The van der Waals surface area contributed by atoms with E-state index in [1.165, 1.54) is 0 Å². The first-order valence-corrected chi connectivity index (χ1v) is 5.55. The smallest absolute Gasteiger partial charge is 0.316 e. The maximum absolute atomic E-state index is 11.3. The third kappa shape index (κ3) is 3.26. The molecule has 1 aromatic heterocycles. The van der Waals surface area contributed by atoms with Crippen LogP contribution in [0.5, 0.6) is 0 Å². The predicted molar refractivity (Wildman–Crippen MR) is 53.3 cm³/mol. The Morgan fingerprint density at radius 1 is 1.64 bits per heavy atom. The molecule has 0 aliphatic heterocycles. The van der Waals surface area contributed by atoms with Gasteiger partial charge in [-0.05, 0) is 18.6 Å². The van der Waals surface area contributed by atoms with Crippen LogP contribution in [0.1, 0.15) is 11.3 Å². The van der Waals surface area contributed by atoms with E-state index in [0.29, 0.717) is 5.69 Å². The second-order valence-electron chi connectivity index (χ2n) is 2.89. The summed E-state index contributed by atoms with van der Waals surface area (Å²) in [5.41, 5.74) is 1.64. The van der Waals surface area contributed by atoms with Gasteiger partial charge in [0, 0.05) is 17.0 Å². The van der Waals surface area contributed by atoms with Gasteiger partial charge >= 0.3 is 5.97 Å². The van der Waals surface area contributed by atoms with E-state index in [1.807, 2.05) is 13.0 Å². The monoisotopic (exact) mass is 213 g/mol. The summed E-state index contributed by atoms with van der Waals surface area (Å²) in [6.45, 7) is 1.86. The van der Waals surface area contributed by atoms with E-state index in [9.17, 15) is 9.00 Å². The fraction of sp³-hybridized carbons (Fsp3) is 0.333. The summed E-state index contributed by atoms with van der Waals surface area (Å²) in [4.78, 5) is 14.3. The molecule has 1 heterocycles. The summed E-state index contributed by atoms with van der Waals surface area (Å²) < 4.78 is 11.3. The Labute approximate surface area is 84.4 Å². The standard InChI is InChI=1S/C9H11NO3S/c1-7-3-2-4-10-8(7)5-14(13)6-9(11)12/h2-4H,5-6H2,1H3,(H,11,12). The van der Waals surface area contributed by atoms with Gasteiger partial charge in [0.25, 0.3) is 0 Å². The summed E-state index contributed by atoms with van der Waals surface area (Å²) in [6, 6.07) is 3.65. The van der Waals surface area contributed by atoms with E-state index < -0.39 is 16.8 Å². The molecule has 5 heteroatoms. The average Bonchev–Trinajstić information content (AvgIpc) is 2.07. The first kappa shape index (κ1) is 10.8. The zero-order chi connectivity index (χ0) is 10.6. The van der Waals surface area contributed by atoms with Gasteiger partial charge in [-0.3, -0.25) is 14.0 Å². The number of pyridine rings is 1. The summed E-state index contributed by atoms with van der Waals surface area (Å²) in [6.07, 6.45) is 1.61. The Kier molecular flexibility index (Phi) is 3.76. The van der Waals surface area contributed by atoms with E-state index in [0.717, 1.165) is 5.56 Å². The van der Waals surface area contributed by atoms with Crippen LogP contribution in [0.4, 0.5) is 0 Å². The lowest BCUT2D eigenvalue weighted by Gasteiger charge is -2.02. The molecule has 0 aromatic carbocycles. The molecule has 0 saturated heterocycles. The molecular formula is C9H11NO3S. The van der Waals surface area contributed by atoms with E-state index >= 15 is 0 Å². The van der Waals surface area contributed by atoms with Crippen LogP contribution in [-0.2, 0) is 21.3 Å². The van der Waals surface area contributed by atoms with Crippen LogP contribution in [-0.4, -0.2) is 26.0 Å². The number of hydrogen-bond donors (Lipinski definition) is 1. The van der Waals surface area contributed by atoms with Crippen LogP contribution >= 0.6 is 0 Å². The Morgan fingerprint density at radius 2 is 2.36 bits per heavy atom. The van der Waals surface area contributed by atoms with Gasteiger partial charge in [-0.2, -0.15) is 0 Å². The summed E-state index contributed by atoms with van der Waals surface area (Å²) in [5.74, 6) is -1.16. The molecule has 0 fully saturated rings. The third-order valence-electron chi connectivity index (χ3n) is 1.70. The van der Waals surface area contributed by atoms with Crippen molar-refractivity contribution >= 4 is 16.8 Å². The van der Waals surface area contributed by atoms with Gasteiger partial charge in [0.15, 0.2) is 0 Å². The molecule has 1 atom stereocenters. The van der Waals surface area contributed by atoms with Crippen LogP contribution in [0, 0.1) is 6.92 Å². The Bertz CT molecular complexity index is 365. The highest BCUT2D eigenvalue weighted by molar-refractivity contribution is 7.84. The summed E-state index contributed by atoms with van der Waals surface area (Å²) in [7, 11) is -1.37. The topological polar surface area (TPSA) is 67.3 Å². The molecule has 0 bridgehead atoms. The van der Waals surface area contributed by atoms with Crippen molar-refractivity contribution in [3.63, 3.8) is 0 Å². The van der Waals surface area contributed by atoms with Crippen LogP contribution in [0.2, 0.25) is 0 Å². The second kappa shape index (κ2) is 4.85. The predicted octanol–water partition coefficient (Wildman–Crippen LogP) is 0.723. The minimum atomic E-state index is -1.37. The molecule has 4 nitrogen and oxygen atoms in total. The molecule has 1 rings (SSSR count). The van der Waals surface area contributed by atoms with Crippen molar-refractivity contribution < 1.29 is 14.1 Å². The molecule has 1 N–H and O–H groups in total. The average molecular weight is 213 g/mol. The number of aryl methyl sites for hydroxylation is 1. The lowest BCUT2D eigenvalue weighted by Crippen LogP contribution is -2.11.